The second-order valence-electron chi connectivity index (χ2n) is 3.90. The maximum Gasteiger partial charge on any atom is 0.305 e. The molecule has 0 aliphatic rings. The Balaban J connectivity index is 2.03. The van der Waals surface area contributed by atoms with Crippen LogP contribution >= 0.6 is 11.3 Å². The number of nitrogens with zero attached hydrogens (tertiary/aromatic N) is 1. The van der Waals surface area contributed by atoms with Gasteiger partial charge in [-0.25, -0.2) is 13.1 Å². The molecule has 0 unspecified atom stereocenters. The third-order valence-corrected chi connectivity index (χ3v) is 5.49. The minimum atomic E-state index is -3.63. The lowest BCUT2D eigenvalue weighted by Crippen LogP contribution is -2.26. The van der Waals surface area contributed by atoms with E-state index < -0.39 is 10.0 Å². The highest BCUT2D eigenvalue weighted by molar-refractivity contribution is 7.91. The Bertz CT molecular complexity index is 704. The summed E-state index contributed by atoms with van der Waals surface area (Å²) in [5.41, 5.74) is 1.17. The normalized spacial score (nSPS) is 11.6. The Hall–Kier alpha value is -1.51. The molecule has 0 saturated heterocycles. The zero-order valence-electron chi connectivity index (χ0n) is 10.2. The highest BCUT2D eigenvalue weighted by atomic mass is 32.2. The summed E-state index contributed by atoms with van der Waals surface area (Å²) in [6.07, 6.45) is 2.16. The zero-order chi connectivity index (χ0) is 13.9. The second kappa shape index (κ2) is 5.64. The summed E-state index contributed by atoms with van der Waals surface area (Å²) in [5, 5.41) is 0. The number of aryl methyl sites for hydroxylation is 1. The van der Waals surface area contributed by atoms with Crippen LogP contribution in [0, 0.1) is 6.92 Å². The monoisotopic (exact) mass is 299 g/mol. The molecule has 0 fully saturated rings. The van der Waals surface area contributed by atoms with E-state index in [9.17, 15) is 13.2 Å². The largest absolute Gasteiger partial charge is 0.315 e. The topological polar surface area (TPSA) is 91.9 Å². The first-order chi connectivity index (χ1) is 8.99. The average molecular weight is 299 g/mol. The third-order valence-electron chi connectivity index (χ3n) is 2.42. The van der Waals surface area contributed by atoms with Crippen LogP contribution in [0.3, 0.4) is 0 Å². The van der Waals surface area contributed by atoms with Crippen molar-refractivity contribution in [2.45, 2.75) is 17.6 Å². The summed E-state index contributed by atoms with van der Waals surface area (Å²) >= 11 is 0.690. The molecule has 2 aromatic rings. The van der Waals surface area contributed by atoms with E-state index in [-0.39, 0.29) is 15.6 Å². The van der Waals surface area contributed by atoms with Gasteiger partial charge in [-0.15, -0.1) is 0 Å². The first-order valence-electron chi connectivity index (χ1n) is 5.58. The number of H-pyrrole nitrogens is 1. The maximum atomic E-state index is 12.0. The summed E-state index contributed by atoms with van der Waals surface area (Å²) in [6, 6.07) is 5.47. The smallest absolute Gasteiger partial charge is 0.305 e. The highest BCUT2D eigenvalue weighted by Gasteiger charge is 2.19. The Morgan fingerprint density at radius 2 is 2.21 bits per heavy atom. The quantitative estimate of drug-likeness (QED) is 0.848. The van der Waals surface area contributed by atoms with Crippen LogP contribution in [0.4, 0.5) is 0 Å². The van der Waals surface area contributed by atoms with Crippen molar-refractivity contribution in [1.29, 1.82) is 0 Å². The van der Waals surface area contributed by atoms with Gasteiger partial charge < -0.3 is 4.98 Å². The van der Waals surface area contributed by atoms with Crippen LogP contribution in [-0.2, 0) is 16.4 Å². The van der Waals surface area contributed by atoms with Gasteiger partial charge in [0.25, 0.3) is 10.0 Å². The van der Waals surface area contributed by atoms with Crippen molar-refractivity contribution in [3.8, 4) is 0 Å². The van der Waals surface area contributed by atoms with E-state index in [1.807, 2.05) is 12.1 Å². The van der Waals surface area contributed by atoms with Gasteiger partial charge in [-0.2, -0.15) is 0 Å². The Kier molecular flexibility index (Phi) is 4.13. The van der Waals surface area contributed by atoms with E-state index in [2.05, 4.69) is 14.7 Å². The van der Waals surface area contributed by atoms with Crippen molar-refractivity contribution in [2.24, 2.45) is 0 Å². The van der Waals surface area contributed by atoms with Crippen LogP contribution in [-0.4, -0.2) is 24.9 Å². The van der Waals surface area contributed by atoms with E-state index in [0.717, 1.165) is 5.69 Å². The molecule has 2 rings (SSSR count). The fraction of sp³-hybridized carbons (Fsp3) is 0.273. The molecule has 6 nitrogen and oxygen atoms in total. The molecule has 0 aliphatic carbocycles. The van der Waals surface area contributed by atoms with Crippen LogP contribution in [0.15, 0.2) is 33.4 Å². The number of thiazole rings is 1. The van der Waals surface area contributed by atoms with Crippen LogP contribution in [0.5, 0.6) is 0 Å². The summed E-state index contributed by atoms with van der Waals surface area (Å²) in [4.78, 5) is 17.3. The standard InChI is InChI=1S/C11H13N3O3S2/c1-8-10(18-11(15)14-8)19(16,17)13-7-5-9-4-2-3-6-12-9/h2-4,6,13H,5,7H2,1H3,(H,14,15). The molecule has 0 spiro atoms. The number of sulfonamides is 1. The maximum absolute atomic E-state index is 12.0. The molecule has 2 N–H and O–H groups in total. The molecule has 0 radical (unpaired) electrons. The van der Waals surface area contributed by atoms with Crippen molar-refractivity contribution in [2.75, 3.05) is 6.54 Å². The molecular formula is C11H13N3O3S2. The first kappa shape index (κ1) is 13.9. The summed E-state index contributed by atoms with van der Waals surface area (Å²) in [6.45, 7) is 1.80. The van der Waals surface area contributed by atoms with Crippen molar-refractivity contribution >= 4 is 21.4 Å². The molecule has 0 atom stereocenters. The third kappa shape index (κ3) is 3.49. The van der Waals surface area contributed by atoms with Crippen molar-refractivity contribution in [3.05, 3.63) is 45.5 Å². The van der Waals surface area contributed by atoms with Gasteiger partial charge >= 0.3 is 4.87 Å². The van der Waals surface area contributed by atoms with Crippen molar-refractivity contribution in [1.82, 2.24) is 14.7 Å². The average Bonchev–Trinajstić information content (AvgIpc) is 2.70. The van der Waals surface area contributed by atoms with Crippen molar-refractivity contribution in [3.63, 3.8) is 0 Å². The van der Waals surface area contributed by atoms with Gasteiger partial charge in [-0.05, 0) is 19.1 Å². The number of aromatic amines is 1. The van der Waals surface area contributed by atoms with E-state index in [1.165, 1.54) is 0 Å². The van der Waals surface area contributed by atoms with E-state index in [0.29, 0.717) is 23.5 Å². The minimum absolute atomic E-state index is 0.0403. The van der Waals surface area contributed by atoms with Gasteiger partial charge in [0.15, 0.2) is 4.21 Å². The highest BCUT2D eigenvalue weighted by Crippen LogP contribution is 2.15. The molecule has 0 saturated carbocycles. The Labute approximate surface area is 114 Å². The molecule has 0 aromatic carbocycles. The molecule has 2 heterocycles. The van der Waals surface area contributed by atoms with Gasteiger partial charge in [0.2, 0.25) is 0 Å². The predicted octanol–water partition coefficient (Wildman–Crippen LogP) is 0.661. The fourth-order valence-corrected chi connectivity index (χ4v) is 3.95. The van der Waals surface area contributed by atoms with E-state index >= 15 is 0 Å². The zero-order valence-corrected chi connectivity index (χ0v) is 11.8. The van der Waals surface area contributed by atoms with Crippen LogP contribution in [0.2, 0.25) is 0 Å². The van der Waals surface area contributed by atoms with Gasteiger partial charge in [-0.1, -0.05) is 17.4 Å². The molecule has 2 aromatic heterocycles. The predicted molar refractivity (Wildman–Crippen MR) is 72.8 cm³/mol. The van der Waals surface area contributed by atoms with Crippen LogP contribution in [0.25, 0.3) is 0 Å². The summed E-state index contributed by atoms with van der Waals surface area (Å²) in [5.74, 6) is 0. The summed E-state index contributed by atoms with van der Waals surface area (Å²) in [7, 11) is -3.63. The first-order valence-corrected chi connectivity index (χ1v) is 7.88. The molecule has 0 amide bonds. The Morgan fingerprint density at radius 3 is 2.79 bits per heavy atom. The number of hydrogen-bond donors (Lipinski definition) is 2. The molecule has 0 aliphatic heterocycles. The number of pyridine rings is 1. The lowest BCUT2D eigenvalue weighted by Gasteiger charge is -2.04. The Morgan fingerprint density at radius 1 is 1.42 bits per heavy atom. The molecular weight excluding hydrogens is 286 g/mol. The minimum Gasteiger partial charge on any atom is -0.315 e. The van der Waals surface area contributed by atoms with Crippen LogP contribution in [0.1, 0.15) is 11.4 Å². The number of nitrogens with one attached hydrogen (secondary N) is 2. The molecule has 102 valence electrons. The second-order valence-corrected chi connectivity index (χ2v) is 6.84. The lowest BCUT2D eigenvalue weighted by atomic mass is 10.3. The van der Waals surface area contributed by atoms with Gasteiger partial charge in [0.05, 0.1) is 0 Å². The molecule has 19 heavy (non-hydrogen) atoms. The molecule has 0 bridgehead atoms. The van der Waals surface area contributed by atoms with Crippen LogP contribution < -0.4 is 9.60 Å². The lowest BCUT2D eigenvalue weighted by molar-refractivity contribution is 0.582. The number of rotatable bonds is 5. The summed E-state index contributed by atoms with van der Waals surface area (Å²) < 4.78 is 26.5. The fourth-order valence-electron chi connectivity index (χ4n) is 1.57. The van der Waals surface area contributed by atoms with Gasteiger partial charge in [0.1, 0.15) is 0 Å². The molecule has 8 heteroatoms. The van der Waals surface area contributed by atoms with Gasteiger partial charge in [-0.3, -0.25) is 9.78 Å². The van der Waals surface area contributed by atoms with Crippen molar-refractivity contribution < 1.29 is 8.42 Å². The number of hydrogen-bond acceptors (Lipinski definition) is 5. The van der Waals surface area contributed by atoms with Gasteiger partial charge in [0, 0.05) is 30.6 Å². The van der Waals surface area contributed by atoms with E-state index in [1.54, 1.807) is 19.2 Å². The van der Waals surface area contributed by atoms with E-state index in [4.69, 9.17) is 0 Å². The SMILES string of the molecule is Cc1[nH]c(=O)sc1S(=O)(=O)NCCc1ccccn1. The number of aromatic nitrogens is 2.